The van der Waals surface area contributed by atoms with E-state index in [-0.39, 0.29) is 11.2 Å². The molecule has 0 N–H and O–H groups in total. The van der Waals surface area contributed by atoms with Crippen molar-refractivity contribution in [3.8, 4) is 0 Å². The topological polar surface area (TPSA) is 38.1 Å². The second kappa shape index (κ2) is 6.61. The number of rotatable bonds is 5. The molecule has 0 aliphatic rings. The first-order valence-electron chi connectivity index (χ1n) is 6.51. The summed E-state index contributed by atoms with van der Waals surface area (Å²) in [4.78, 5) is 17.9. The molecule has 106 valence electrons. The van der Waals surface area contributed by atoms with Crippen LogP contribution in [0.3, 0.4) is 0 Å². The average Bonchev–Trinajstić information content (AvgIpc) is 2.86. The highest BCUT2D eigenvalue weighted by Crippen LogP contribution is 2.23. The Morgan fingerprint density at radius 3 is 2.70 bits per heavy atom. The van der Waals surface area contributed by atoms with Crippen molar-refractivity contribution in [1.29, 1.82) is 0 Å². The molecule has 0 unspecified atom stereocenters. The number of nitrogens with zero attached hydrogens (tertiary/aromatic N) is 3. The fourth-order valence-electron chi connectivity index (χ4n) is 1.89. The fraction of sp³-hybridized carbons (Fsp3) is 0.333. The number of hydrogen-bond donors (Lipinski definition) is 0. The van der Waals surface area contributed by atoms with Crippen molar-refractivity contribution in [2.24, 2.45) is 0 Å². The largest absolute Gasteiger partial charge is 0.348 e. The Hall–Kier alpha value is -1.75. The Morgan fingerprint density at radius 2 is 2.05 bits per heavy atom. The third kappa shape index (κ3) is 3.63. The maximum absolute atomic E-state index is 11.9. The minimum atomic E-state index is -0.137. The number of imidazole rings is 1. The second-order valence-corrected chi connectivity index (χ2v) is 6.12. The monoisotopic (exact) mass is 289 g/mol. The van der Waals surface area contributed by atoms with Crippen LogP contribution in [0.25, 0.3) is 0 Å². The molecule has 0 saturated heterocycles. The van der Waals surface area contributed by atoms with Crippen molar-refractivity contribution >= 4 is 17.7 Å². The van der Waals surface area contributed by atoms with Gasteiger partial charge in [-0.25, -0.2) is 4.98 Å². The van der Waals surface area contributed by atoms with Crippen LogP contribution in [-0.2, 0) is 11.3 Å². The molecule has 0 saturated carbocycles. The number of carbonyl (C=O) groups is 1. The molecular weight excluding hydrogens is 270 g/mol. The average molecular weight is 289 g/mol. The molecule has 1 aromatic carbocycles. The quantitative estimate of drug-likeness (QED) is 0.794. The minimum Gasteiger partial charge on any atom is -0.348 e. The van der Waals surface area contributed by atoms with E-state index in [9.17, 15) is 4.79 Å². The fourth-order valence-corrected chi connectivity index (χ4v) is 2.90. The predicted octanol–water partition coefficient (Wildman–Crippen LogP) is 2.50. The van der Waals surface area contributed by atoms with Crippen LogP contribution in [0, 0.1) is 0 Å². The maximum Gasteiger partial charge on any atom is 0.235 e. The highest BCUT2D eigenvalue weighted by Gasteiger charge is 2.18. The van der Waals surface area contributed by atoms with Gasteiger partial charge in [0, 0.05) is 33.0 Å². The smallest absolute Gasteiger partial charge is 0.235 e. The molecule has 2 aromatic rings. The summed E-state index contributed by atoms with van der Waals surface area (Å²) < 4.78 is 2.07. The lowest BCUT2D eigenvalue weighted by Crippen LogP contribution is -2.29. The molecule has 0 spiro atoms. The van der Waals surface area contributed by atoms with Gasteiger partial charge in [0.2, 0.25) is 5.91 Å². The van der Waals surface area contributed by atoms with E-state index in [2.05, 4.69) is 21.7 Å². The summed E-state index contributed by atoms with van der Waals surface area (Å²) in [5.74, 6) is 0.101. The molecule has 5 heteroatoms. The predicted molar refractivity (Wildman–Crippen MR) is 81.8 cm³/mol. The zero-order chi connectivity index (χ0) is 14.5. The van der Waals surface area contributed by atoms with Crippen LogP contribution in [0.15, 0.2) is 47.9 Å². The van der Waals surface area contributed by atoms with E-state index in [1.807, 2.05) is 31.3 Å². The third-order valence-corrected chi connectivity index (χ3v) is 4.05. The molecule has 0 aliphatic heterocycles. The van der Waals surface area contributed by atoms with Crippen molar-refractivity contribution in [1.82, 2.24) is 14.5 Å². The molecule has 0 fully saturated rings. The van der Waals surface area contributed by atoms with Gasteiger partial charge in [0.05, 0.1) is 5.25 Å². The van der Waals surface area contributed by atoms with E-state index >= 15 is 0 Å². The number of aromatic nitrogens is 2. The van der Waals surface area contributed by atoms with Gasteiger partial charge in [0.1, 0.15) is 0 Å². The van der Waals surface area contributed by atoms with Crippen LogP contribution in [0.1, 0.15) is 12.5 Å². The Labute approximate surface area is 123 Å². The zero-order valence-electron chi connectivity index (χ0n) is 12.0. The molecule has 0 radical (unpaired) electrons. The Morgan fingerprint density at radius 1 is 1.35 bits per heavy atom. The van der Waals surface area contributed by atoms with E-state index in [0.717, 1.165) is 11.7 Å². The van der Waals surface area contributed by atoms with Crippen LogP contribution in [-0.4, -0.2) is 39.7 Å². The molecule has 1 amide bonds. The number of amides is 1. The summed E-state index contributed by atoms with van der Waals surface area (Å²) in [7, 11) is 3.55. The molecule has 1 aromatic heterocycles. The first-order valence-corrected chi connectivity index (χ1v) is 7.39. The van der Waals surface area contributed by atoms with E-state index < -0.39 is 0 Å². The van der Waals surface area contributed by atoms with Gasteiger partial charge in [-0.3, -0.25) is 4.79 Å². The lowest BCUT2D eigenvalue weighted by atomic mass is 10.2. The normalized spacial score (nSPS) is 12.2. The molecule has 0 aliphatic carbocycles. The van der Waals surface area contributed by atoms with Gasteiger partial charge in [-0.15, -0.1) is 0 Å². The number of carbonyl (C=O) groups excluding carboxylic acids is 1. The lowest BCUT2D eigenvalue weighted by molar-refractivity contribution is -0.127. The SMILES string of the molecule is C[C@@H](Sc1nccn1Cc1ccccc1)C(=O)N(C)C. The van der Waals surface area contributed by atoms with Crippen LogP contribution >= 0.6 is 11.8 Å². The number of benzene rings is 1. The highest BCUT2D eigenvalue weighted by molar-refractivity contribution is 8.00. The third-order valence-electron chi connectivity index (χ3n) is 2.94. The molecule has 1 atom stereocenters. The van der Waals surface area contributed by atoms with E-state index in [1.54, 1.807) is 25.2 Å². The first kappa shape index (κ1) is 14.7. The summed E-state index contributed by atoms with van der Waals surface area (Å²) in [5, 5.41) is 0.735. The molecule has 2 rings (SSSR count). The van der Waals surface area contributed by atoms with Gasteiger partial charge >= 0.3 is 0 Å². The number of hydrogen-bond acceptors (Lipinski definition) is 3. The van der Waals surface area contributed by atoms with E-state index in [4.69, 9.17) is 0 Å². The second-order valence-electron chi connectivity index (χ2n) is 4.82. The van der Waals surface area contributed by atoms with Gasteiger partial charge in [0.25, 0.3) is 0 Å². The molecule has 20 heavy (non-hydrogen) atoms. The Balaban J connectivity index is 2.07. The van der Waals surface area contributed by atoms with Crippen LogP contribution in [0.4, 0.5) is 0 Å². The first-order chi connectivity index (χ1) is 9.58. The summed E-state index contributed by atoms with van der Waals surface area (Å²) in [5.41, 5.74) is 1.22. The van der Waals surface area contributed by atoms with Gasteiger partial charge < -0.3 is 9.47 Å². The summed E-state index contributed by atoms with van der Waals surface area (Å²) >= 11 is 1.49. The van der Waals surface area contributed by atoms with Gasteiger partial charge in [-0.1, -0.05) is 42.1 Å². The Bertz CT molecular complexity index is 566. The van der Waals surface area contributed by atoms with Gasteiger partial charge in [-0.05, 0) is 12.5 Å². The van der Waals surface area contributed by atoms with Gasteiger partial charge in [0.15, 0.2) is 5.16 Å². The van der Waals surface area contributed by atoms with Gasteiger partial charge in [-0.2, -0.15) is 0 Å². The highest BCUT2D eigenvalue weighted by atomic mass is 32.2. The van der Waals surface area contributed by atoms with Crippen molar-refractivity contribution < 1.29 is 4.79 Å². The lowest BCUT2D eigenvalue weighted by Gasteiger charge is -2.16. The van der Waals surface area contributed by atoms with Crippen molar-refractivity contribution in [2.75, 3.05) is 14.1 Å². The minimum absolute atomic E-state index is 0.101. The van der Waals surface area contributed by atoms with Crippen LogP contribution in [0.5, 0.6) is 0 Å². The summed E-state index contributed by atoms with van der Waals surface area (Å²) in [6.07, 6.45) is 3.72. The van der Waals surface area contributed by atoms with Crippen molar-refractivity contribution in [3.63, 3.8) is 0 Å². The van der Waals surface area contributed by atoms with E-state index in [0.29, 0.717) is 0 Å². The molecule has 4 nitrogen and oxygen atoms in total. The van der Waals surface area contributed by atoms with Crippen LogP contribution < -0.4 is 0 Å². The van der Waals surface area contributed by atoms with Crippen molar-refractivity contribution in [2.45, 2.75) is 23.9 Å². The Kier molecular flexibility index (Phi) is 4.84. The standard InChI is InChI=1S/C15H19N3OS/c1-12(14(19)17(2)3)20-15-16-9-10-18(15)11-13-7-5-4-6-8-13/h4-10,12H,11H2,1-3H3/t12-/m1/s1. The van der Waals surface area contributed by atoms with Crippen LogP contribution in [0.2, 0.25) is 0 Å². The number of thioether (sulfide) groups is 1. The summed E-state index contributed by atoms with van der Waals surface area (Å²) in [6.45, 7) is 2.68. The molecule has 0 bridgehead atoms. The van der Waals surface area contributed by atoms with E-state index in [1.165, 1.54) is 17.3 Å². The maximum atomic E-state index is 11.9. The van der Waals surface area contributed by atoms with Crippen molar-refractivity contribution in [3.05, 3.63) is 48.3 Å². The molecular formula is C15H19N3OS. The zero-order valence-corrected chi connectivity index (χ0v) is 12.8. The molecule has 1 heterocycles. The summed E-state index contributed by atoms with van der Waals surface area (Å²) in [6, 6.07) is 10.2.